The van der Waals surface area contributed by atoms with E-state index in [0.717, 1.165) is 29.7 Å². The first-order valence-electron chi connectivity index (χ1n) is 14.1. The maximum absolute atomic E-state index is 11.8. The second-order valence-corrected chi connectivity index (χ2v) is 11.1. The highest BCUT2D eigenvalue weighted by atomic mass is 16.5. The highest BCUT2D eigenvalue weighted by Gasteiger charge is 2.31. The smallest absolute Gasteiger partial charge is 0.333 e. The van der Waals surface area contributed by atoms with Crippen LogP contribution >= 0.6 is 0 Å². The van der Waals surface area contributed by atoms with Crippen molar-refractivity contribution in [3.05, 3.63) is 47.0 Å². The molecule has 3 rings (SSSR count). The number of rotatable bonds is 12. The summed E-state index contributed by atoms with van der Waals surface area (Å²) in [4.78, 5) is 11.8. The van der Waals surface area contributed by atoms with E-state index < -0.39 is 0 Å². The average molecular weight is 469 g/mol. The SMILES string of the molecule is C=C(C)C(=O)OCCc1cc(CCO)ccc1C1CCC(C2CCC(CCCCC)CC2)CC1. The molecule has 0 atom stereocenters. The lowest BCUT2D eigenvalue weighted by Gasteiger charge is -2.38. The third kappa shape index (κ3) is 7.97. The number of unbranched alkanes of at least 4 members (excludes halogenated alkanes) is 2. The molecule has 190 valence electrons. The third-order valence-corrected chi connectivity index (χ3v) is 8.55. The van der Waals surface area contributed by atoms with E-state index in [-0.39, 0.29) is 12.6 Å². The zero-order valence-corrected chi connectivity index (χ0v) is 21.8. The van der Waals surface area contributed by atoms with Crippen LogP contribution in [0.1, 0.15) is 114 Å². The van der Waals surface area contributed by atoms with Crippen LogP contribution in [-0.4, -0.2) is 24.3 Å². The van der Waals surface area contributed by atoms with E-state index in [2.05, 4.69) is 31.7 Å². The average Bonchev–Trinajstić information content (AvgIpc) is 2.85. The van der Waals surface area contributed by atoms with E-state index >= 15 is 0 Å². The largest absolute Gasteiger partial charge is 0.462 e. The van der Waals surface area contributed by atoms with Gasteiger partial charge in [0.1, 0.15) is 0 Å². The molecule has 2 aliphatic rings. The van der Waals surface area contributed by atoms with Crippen LogP contribution in [0.3, 0.4) is 0 Å². The lowest BCUT2D eigenvalue weighted by molar-refractivity contribution is -0.138. The van der Waals surface area contributed by atoms with E-state index in [1.54, 1.807) is 6.92 Å². The number of carbonyl (C=O) groups is 1. The summed E-state index contributed by atoms with van der Waals surface area (Å²) in [7, 11) is 0. The standard InChI is InChI=1S/C31H48O3/c1-4-5-6-7-24-8-11-26(12-9-24)27-13-15-28(16-14-27)30-17-10-25(18-20-32)22-29(30)19-21-34-31(33)23(2)3/h10,17,22,24,26-28,32H,2,4-9,11-16,18-21H2,1,3H3. The first-order chi connectivity index (χ1) is 16.5. The van der Waals surface area contributed by atoms with Gasteiger partial charge in [-0.15, -0.1) is 0 Å². The Morgan fingerprint density at radius 1 is 1.00 bits per heavy atom. The molecule has 1 aromatic rings. The van der Waals surface area contributed by atoms with E-state index in [9.17, 15) is 9.90 Å². The van der Waals surface area contributed by atoms with Gasteiger partial charge in [0.25, 0.3) is 0 Å². The number of hydrogen-bond donors (Lipinski definition) is 1. The molecule has 1 aromatic carbocycles. The highest BCUT2D eigenvalue weighted by Crippen LogP contribution is 2.45. The summed E-state index contributed by atoms with van der Waals surface area (Å²) >= 11 is 0. The Morgan fingerprint density at radius 2 is 1.68 bits per heavy atom. The predicted octanol–water partition coefficient (Wildman–Crippen LogP) is 7.54. The Bertz CT molecular complexity index is 767. The fourth-order valence-electron chi connectivity index (χ4n) is 6.47. The van der Waals surface area contributed by atoms with Gasteiger partial charge in [-0.2, -0.15) is 0 Å². The lowest BCUT2D eigenvalue weighted by Crippen LogP contribution is -2.25. The Hall–Kier alpha value is -1.61. The molecule has 0 aromatic heterocycles. The first kappa shape index (κ1) is 27.0. The number of carbonyl (C=O) groups excluding carboxylic acids is 1. The van der Waals surface area contributed by atoms with Gasteiger partial charge in [-0.05, 0) is 92.2 Å². The Balaban J connectivity index is 1.53. The van der Waals surface area contributed by atoms with Gasteiger partial charge in [0, 0.05) is 18.6 Å². The van der Waals surface area contributed by atoms with Crippen LogP contribution in [0, 0.1) is 17.8 Å². The molecule has 0 saturated heterocycles. The van der Waals surface area contributed by atoms with Crippen molar-refractivity contribution in [3.63, 3.8) is 0 Å². The highest BCUT2D eigenvalue weighted by molar-refractivity contribution is 5.86. The molecule has 0 aliphatic heterocycles. The van der Waals surface area contributed by atoms with Crippen molar-refractivity contribution in [1.29, 1.82) is 0 Å². The third-order valence-electron chi connectivity index (χ3n) is 8.55. The number of aliphatic hydroxyl groups excluding tert-OH is 1. The molecule has 2 saturated carbocycles. The minimum Gasteiger partial charge on any atom is -0.462 e. The number of benzene rings is 1. The molecule has 0 unspecified atom stereocenters. The van der Waals surface area contributed by atoms with Crippen molar-refractivity contribution in [2.75, 3.05) is 13.2 Å². The monoisotopic (exact) mass is 468 g/mol. The maximum atomic E-state index is 11.8. The van der Waals surface area contributed by atoms with Crippen LogP contribution in [0.25, 0.3) is 0 Å². The Kier molecular flexibility index (Phi) is 11.2. The van der Waals surface area contributed by atoms with Crippen LogP contribution in [0.4, 0.5) is 0 Å². The molecule has 0 heterocycles. The summed E-state index contributed by atoms with van der Waals surface area (Å²) in [5.74, 6) is 3.17. The topological polar surface area (TPSA) is 46.5 Å². The van der Waals surface area contributed by atoms with Gasteiger partial charge < -0.3 is 9.84 Å². The number of hydrogen-bond acceptors (Lipinski definition) is 3. The maximum Gasteiger partial charge on any atom is 0.333 e. The molecule has 0 spiro atoms. The summed E-state index contributed by atoms with van der Waals surface area (Å²) in [6.07, 6.45) is 18.2. The van der Waals surface area contributed by atoms with Gasteiger partial charge >= 0.3 is 5.97 Å². The van der Waals surface area contributed by atoms with Crippen molar-refractivity contribution in [1.82, 2.24) is 0 Å². The van der Waals surface area contributed by atoms with Crippen molar-refractivity contribution in [2.45, 2.75) is 110 Å². The fraction of sp³-hybridized carbons (Fsp3) is 0.710. The van der Waals surface area contributed by atoms with Gasteiger partial charge in [0.15, 0.2) is 0 Å². The summed E-state index contributed by atoms with van der Waals surface area (Å²) in [6.45, 7) is 8.21. The molecule has 0 amide bonds. The van der Waals surface area contributed by atoms with Gasteiger partial charge in [0.05, 0.1) is 6.61 Å². The van der Waals surface area contributed by atoms with Crippen LogP contribution in [0.15, 0.2) is 30.4 Å². The van der Waals surface area contributed by atoms with Crippen molar-refractivity contribution in [3.8, 4) is 0 Å². The predicted molar refractivity (Wildman–Crippen MR) is 141 cm³/mol. The van der Waals surface area contributed by atoms with E-state index in [0.29, 0.717) is 24.5 Å². The van der Waals surface area contributed by atoms with Crippen LogP contribution in [0.5, 0.6) is 0 Å². The van der Waals surface area contributed by atoms with Gasteiger partial charge in [-0.25, -0.2) is 4.79 Å². The molecule has 2 fully saturated rings. The summed E-state index contributed by atoms with van der Waals surface area (Å²) in [5.41, 5.74) is 4.34. The van der Waals surface area contributed by atoms with E-state index in [1.807, 2.05) is 0 Å². The molecule has 2 aliphatic carbocycles. The summed E-state index contributed by atoms with van der Waals surface area (Å²) in [6, 6.07) is 6.69. The minimum absolute atomic E-state index is 0.162. The van der Waals surface area contributed by atoms with Crippen LogP contribution in [-0.2, 0) is 22.4 Å². The fourth-order valence-corrected chi connectivity index (χ4v) is 6.47. The first-order valence-corrected chi connectivity index (χ1v) is 14.1. The molecule has 0 bridgehead atoms. The van der Waals surface area contributed by atoms with Crippen LogP contribution < -0.4 is 0 Å². The van der Waals surface area contributed by atoms with Crippen molar-refractivity contribution >= 4 is 5.97 Å². The van der Waals surface area contributed by atoms with E-state index in [4.69, 9.17) is 4.74 Å². The lowest BCUT2D eigenvalue weighted by atomic mass is 9.67. The second-order valence-electron chi connectivity index (χ2n) is 11.1. The Labute approximate surface area is 208 Å². The molecular formula is C31H48O3. The summed E-state index contributed by atoms with van der Waals surface area (Å²) < 4.78 is 5.40. The zero-order chi connectivity index (χ0) is 24.3. The Morgan fingerprint density at radius 3 is 2.29 bits per heavy atom. The van der Waals surface area contributed by atoms with Gasteiger partial charge in [-0.1, -0.05) is 70.2 Å². The number of ether oxygens (including phenoxy) is 1. The van der Waals surface area contributed by atoms with Gasteiger partial charge in [0.2, 0.25) is 0 Å². The zero-order valence-electron chi connectivity index (χ0n) is 21.8. The molecule has 3 heteroatoms. The van der Waals surface area contributed by atoms with E-state index in [1.165, 1.54) is 88.2 Å². The van der Waals surface area contributed by atoms with Gasteiger partial charge in [-0.3, -0.25) is 0 Å². The quantitative estimate of drug-likeness (QED) is 0.196. The van der Waals surface area contributed by atoms with Crippen molar-refractivity contribution < 1.29 is 14.6 Å². The molecule has 1 N–H and O–H groups in total. The molecule has 3 nitrogen and oxygen atoms in total. The number of aliphatic hydroxyl groups is 1. The van der Waals surface area contributed by atoms with Crippen LogP contribution in [0.2, 0.25) is 0 Å². The number of esters is 1. The molecule has 0 radical (unpaired) electrons. The molecule has 34 heavy (non-hydrogen) atoms. The normalized spacial score (nSPS) is 25.1. The van der Waals surface area contributed by atoms with Crippen molar-refractivity contribution in [2.24, 2.45) is 17.8 Å². The molecular weight excluding hydrogens is 420 g/mol. The minimum atomic E-state index is -0.311. The second kappa shape index (κ2) is 14.1. The summed E-state index contributed by atoms with van der Waals surface area (Å²) in [5, 5.41) is 9.38.